The number of aryl methyl sites for hydroxylation is 3. The average molecular weight is 178 g/mol. The van der Waals surface area contributed by atoms with Crippen LogP contribution in [0.4, 0.5) is 0 Å². The molecule has 0 spiro atoms. The Bertz CT molecular complexity index is 340. The Kier molecular flexibility index (Phi) is 2.71. The predicted octanol–water partition coefficient (Wildman–Crippen LogP) is 2.40. The third-order valence-corrected chi connectivity index (χ3v) is 2.25. The summed E-state index contributed by atoms with van der Waals surface area (Å²) < 4.78 is 4.67. The minimum Gasteiger partial charge on any atom is -0.465 e. The summed E-state index contributed by atoms with van der Waals surface area (Å²) in [6, 6.07) is 3.87. The minimum atomic E-state index is -0.263. The van der Waals surface area contributed by atoms with Gasteiger partial charge in [-0.2, -0.15) is 0 Å². The highest BCUT2D eigenvalue weighted by Crippen LogP contribution is 2.15. The Labute approximate surface area is 78.5 Å². The van der Waals surface area contributed by atoms with Gasteiger partial charge in [0, 0.05) is 0 Å². The van der Waals surface area contributed by atoms with Gasteiger partial charge in [0.15, 0.2) is 0 Å². The summed E-state index contributed by atoms with van der Waals surface area (Å²) in [4.78, 5) is 11.3. The molecule has 0 bridgehead atoms. The fourth-order valence-electron chi connectivity index (χ4n) is 1.29. The molecule has 0 aliphatic heterocycles. The van der Waals surface area contributed by atoms with Crippen molar-refractivity contribution in [1.82, 2.24) is 0 Å². The molecule has 0 aliphatic rings. The van der Waals surface area contributed by atoms with E-state index in [9.17, 15) is 4.79 Å². The van der Waals surface area contributed by atoms with Crippen LogP contribution in [0.1, 0.15) is 27.0 Å². The first-order valence-electron chi connectivity index (χ1n) is 4.22. The summed E-state index contributed by atoms with van der Waals surface area (Å²) in [5, 5.41) is 0. The Morgan fingerprint density at radius 2 is 1.62 bits per heavy atom. The van der Waals surface area contributed by atoms with Crippen molar-refractivity contribution in [1.29, 1.82) is 0 Å². The summed E-state index contributed by atoms with van der Waals surface area (Å²) in [6.07, 6.45) is 0. The number of hydrogen-bond donors (Lipinski definition) is 0. The van der Waals surface area contributed by atoms with Crippen molar-refractivity contribution in [3.05, 3.63) is 34.4 Å². The highest BCUT2D eigenvalue weighted by atomic mass is 16.5. The van der Waals surface area contributed by atoms with E-state index in [2.05, 4.69) is 4.74 Å². The van der Waals surface area contributed by atoms with Crippen molar-refractivity contribution in [2.75, 3.05) is 7.11 Å². The molecule has 1 aromatic carbocycles. The Balaban J connectivity index is 3.23. The van der Waals surface area contributed by atoms with Crippen LogP contribution in [0.3, 0.4) is 0 Å². The zero-order chi connectivity index (χ0) is 10.0. The number of carbonyl (C=O) groups excluding carboxylic acids is 1. The molecule has 0 atom stereocenters. The number of benzene rings is 1. The van der Waals surface area contributed by atoms with Gasteiger partial charge in [0.25, 0.3) is 0 Å². The number of carbonyl (C=O) groups is 1. The lowest BCUT2D eigenvalue weighted by Crippen LogP contribution is -2.04. The van der Waals surface area contributed by atoms with Gasteiger partial charge in [-0.25, -0.2) is 4.79 Å². The molecule has 0 heterocycles. The molecule has 13 heavy (non-hydrogen) atoms. The summed E-state index contributed by atoms with van der Waals surface area (Å²) in [5.41, 5.74) is 3.94. The third kappa shape index (κ3) is 1.89. The van der Waals surface area contributed by atoms with Crippen LogP contribution in [0.25, 0.3) is 0 Å². The largest absolute Gasteiger partial charge is 0.465 e. The standard InChI is InChI=1S/C11H14O2/c1-7-5-9(3)10(6-8(7)2)11(12)13-4/h5-6H,1-4H3. The van der Waals surface area contributed by atoms with Gasteiger partial charge < -0.3 is 4.74 Å². The van der Waals surface area contributed by atoms with Gasteiger partial charge in [-0.15, -0.1) is 0 Å². The molecule has 0 radical (unpaired) electrons. The van der Waals surface area contributed by atoms with E-state index in [1.165, 1.54) is 12.7 Å². The van der Waals surface area contributed by atoms with Gasteiger partial charge in [-0.3, -0.25) is 0 Å². The fraction of sp³-hybridized carbons (Fsp3) is 0.364. The van der Waals surface area contributed by atoms with Gasteiger partial charge in [0.05, 0.1) is 12.7 Å². The van der Waals surface area contributed by atoms with Crippen molar-refractivity contribution in [2.24, 2.45) is 0 Å². The zero-order valence-corrected chi connectivity index (χ0v) is 8.47. The molecular weight excluding hydrogens is 164 g/mol. The van der Waals surface area contributed by atoms with Crippen molar-refractivity contribution in [3.63, 3.8) is 0 Å². The smallest absolute Gasteiger partial charge is 0.338 e. The molecule has 0 unspecified atom stereocenters. The van der Waals surface area contributed by atoms with Crippen LogP contribution in [0, 0.1) is 20.8 Å². The van der Waals surface area contributed by atoms with Crippen LogP contribution < -0.4 is 0 Å². The topological polar surface area (TPSA) is 26.3 Å². The maximum absolute atomic E-state index is 11.3. The van der Waals surface area contributed by atoms with Crippen LogP contribution in [-0.2, 0) is 4.74 Å². The summed E-state index contributed by atoms with van der Waals surface area (Å²) in [5.74, 6) is -0.263. The van der Waals surface area contributed by atoms with E-state index >= 15 is 0 Å². The van der Waals surface area contributed by atoms with Crippen LogP contribution in [0.5, 0.6) is 0 Å². The van der Waals surface area contributed by atoms with E-state index in [1.807, 2.05) is 32.9 Å². The molecule has 2 heteroatoms. The normalized spacial score (nSPS) is 9.85. The lowest BCUT2D eigenvalue weighted by Gasteiger charge is -2.07. The lowest BCUT2D eigenvalue weighted by atomic mass is 10.0. The van der Waals surface area contributed by atoms with Crippen molar-refractivity contribution in [2.45, 2.75) is 20.8 Å². The maximum Gasteiger partial charge on any atom is 0.338 e. The van der Waals surface area contributed by atoms with E-state index in [4.69, 9.17) is 0 Å². The molecule has 0 amide bonds. The summed E-state index contributed by atoms with van der Waals surface area (Å²) in [6.45, 7) is 5.93. The second-order valence-electron chi connectivity index (χ2n) is 3.24. The number of methoxy groups -OCH3 is 1. The lowest BCUT2D eigenvalue weighted by molar-refractivity contribution is 0.0600. The molecule has 0 N–H and O–H groups in total. The second kappa shape index (κ2) is 3.60. The van der Waals surface area contributed by atoms with Crippen LogP contribution in [-0.4, -0.2) is 13.1 Å². The first-order chi connectivity index (χ1) is 6.06. The predicted molar refractivity (Wildman–Crippen MR) is 52.0 cm³/mol. The molecule has 0 aliphatic carbocycles. The molecule has 70 valence electrons. The Morgan fingerprint density at radius 1 is 1.08 bits per heavy atom. The highest BCUT2D eigenvalue weighted by molar-refractivity contribution is 5.91. The van der Waals surface area contributed by atoms with Gasteiger partial charge in [0.2, 0.25) is 0 Å². The molecule has 0 aromatic heterocycles. The van der Waals surface area contributed by atoms with Gasteiger partial charge in [-0.1, -0.05) is 6.07 Å². The average Bonchev–Trinajstić information content (AvgIpc) is 2.10. The Morgan fingerprint density at radius 3 is 2.15 bits per heavy atom. The van der Waals surface area contributed by atoms with Crippen molar-refractivity contribution < 1.29 is 9.53 Å². The second-order valence-corrected chi connectivity index (χ2v) is 3.24. The number of hydrogen-bond acceptors (Lipinski definition) is 2. The zero-order valence-electron chi connectivity index (χ0n) is 8.47. The summed E-state index contributed by atoms with van der Waals surface area (Å²) in [7, 11) is 1.40. The van der Waals surface area contributed by atoms with Gasteiger partial charge >= 0.3 is 5.97 Å². The maximum atomic E-state index is 11.3. The third-order valence-electron chi connectivity index (χ3n) is 2.25. The van der Waals surface area contributed by atoms with Crippen LogP contribution in [0.15, 0.2) is 12.1 Å². The molecule has 0 fully saturated rings. The van der Waals surface area contributed by atoms with E-state index in [-0.39, 0.29) is 5.97 Å². The first-order valence-corrected chi connectivity index (χ1v) is 4.22. The molecule has 1 rings (SSSR count). The number of esters is 1. The van der Waals surface area contributed by atoms with E-state index in [0.29, 0.717) is 5.56 Å². The van der Waals surface area contributed by atoms with Crippen molar-refractivity contribution in [3.8, 4) is 0 Å². The number of ether oxygens (including phenoxy) is 1. The Hall–Kier alpha value is -1.31. The quantitative estimate of drug-likeness (QED) is 0.617. The van der Waals surface area contributed by atoms with E-state index in [1.54, 1.807) is 0 Å². The van der Waals surface area contributed by atoms with E-state index in [0.717, 1.165) is 11.1 Å². The monoisotopic (exact) mass is 178 g/mol. The highest BCUT2D eigenvalue weighted by Gasteiger charge is 2.09. The molecule has 2 nitrogen and oxygen atoms in total. The van der Waals surface area contributed by atoms with E-state index < -0.39 is 0 Å². The molecular formula is C11H14O2. The molecule has 0 saturated heterocycles. The van der Waals surface area contributed by atoms with Gasteiger partial charge in [0.1, 0.15) is 0 Å². The summed E-state index contributed by atoms with van der Waals surface area (Å²) >= 11 is 0. The van der Waals surface area contributed by atoms with Crippen LogP contribution in [0.2, 0.25) is 0 Å². The first kappa shape index (κ1) is 9.78. The molecule has 0 saturated carbocycles. The molecule has 1 aromatic rings. The minimum absolute atomic E-state index is 0.263. The SMILES string of the molecule is COC(=O)c1cc(C)c(C)cc1C. The van der Waals surface area contributed by atoms with Crippen molar-refractivity contribution >= 4 is 5.97 Å². The van der Waals surface area contributed by atoms with Crippen LogP contribution >= 0.6 is 0 Å². The number of rotatable bonds is 1. The fourth-order valence-corrected chi connectivity index (χ4v) is 1.29. The van der Waals surface area contributed by atoms with Gasteiger partial charge in [-0.05, 0) is 43.5 Å².